The Hall–Kier alpha value is -0.375. The van der Waals surface area contributed by atoms with Crippen LogP contribution in [0.25, 0.3) is 0 Å². The van der Waals surface area contributed by atoms with Gasteiger partial charge in [-0.05, 0) is 0 Å². The van der Waals surface area contributed by atoms with Crippen LogP contribution >= 0.6 is 0 Å². The van der Waals surface area contributed by atoms with E-state index < -0.39 is 0 Å². The quantitative estimate of drug-likeness (QED) is 0.454. The van der Waals surface area contributed by atoms with E-state index in [1.54, 1.807) is 0 Å². The highest BCUT2D eigenvalue weighted by atomic mass is 13.9. The zero-order valence-corrected chi connectivity index (χ0v) is 9.85. The van der Waals surface area contributed by atoms with Crippen molar-refractivity contribution in [3.8, 4) is 11.7 Å². The van der Waals surface area contributed by atoms with E-state index in [1.807, 2.05) is 0 Å². The number of hydrogen-bond acceptors (Lipinski definition) is 0. The SMILES string of the molecule is CCC#CB(CC(C)C)CC(C)C. The van der Waals surface area contributed by atoms with Crippen LogP contribution in [0.2, 0.25) is 12.6 Å². The van der Waals surface area contributed by atoms with Crippen molar-refractivity contribution in [2.45, 2.75) is 53.7 Å². The molecule has 0 aromatic rings. The Bertz CT molecular complexity index is 161. The molecule has 0 amide bonds. The molecule has 0 aromatic carbocycles. The predicted octanol–water partition coefficient (Wildman–Crippen LogP) is 3.75. The lowest BCUT2D eigenvalue weighted by Crippen LogP contribution is -2.15. The maximum absolute atomic E-state index is 3.38. The van der Waals surface area contributed by atoms with Crippen molar-refractivity contribution < 1.29 is 0 Å². The summed E-state index contributed by atoms with van der Waals surface area (Å²) in [4.78, 5) is 0. The van der Waals surface area contributed by atoms with Crippen LogP contribution < -0.4 is 0 Å². The van der Waals surface area contributed by atoms with E-state index in [9.17, 15) is 0 Å². The van der Waals surface area contributed by atoms with E-state index in [2.05, 4.69) is 46.4 Å². The molecule has 0 fully saturated rings. The Balaban J connectivity index is 4.02. The van der Waals surface area contributed by atoms with Crippen LogP contribution in [0.5, 0.6) is 0 Å². The first-order chi connectivity index (χ1) is 6.06. The van der Waals surface area contributed by atoms with Gasteiger partial charge in [-0.3, -0.25) is 0 Å². The minimum atomic E-state index is 0.625. The fourth-order valence-corrected chi connectivity index (χ4v) is 1.60. The molecule has 0 aromatic heterocycles. The van der Waals surface area contributed by atoms with Gasteiger partial charge in [0, 0.05) is 6.42 Å². The van der Waals surface area contributed by atoms with Gasteiger partial charge < -0.3 is 0 Å². The summed E-state index contributed by atoms with van der Waals surface area (Å²) < 4.78 is 0. The molecule has 0 aliphatic heterocycles. The molecule has 0 aliphatic carbocycles. The van der Waals surface area contributed by atoms with Crippen molar-refractivity contribution in [2.24, 2.45) is 11.8 Å². The Morgan fingerprint density at radius 2 is 1.46 bits per heavy atom. The second-order valence-electron chi connectivity index (χ2n) is 4.63. The normalized spacial score (nSPS) is 10.1. The maximum atomic E-state index is 3.38. The third-order valence-corrected chi connectivity index (χ3v) is 1.99. The van der Waals surface area contributed by atoms with Crippen LogP contribution in [-0.2, 0) is 0 Å². The first kappa shape index (κ1) is 12.6. The molecular weight excluding hydrogens is 155 g/mol. The van der Waals surface area contributed by atoms with Gasteiger partial charge >= 0.3 is 0 Å². The highest BCUT2D eigenvalue weighted by Crippen LogP contribution is 2.13. The largest absolute Gasteiger partial charge is 0.231 e. The summed E-state index contributed by atoms with van der Waals surface area (Å²) in [6, 6.07) is 0. The van der Waals surface area contributed by atoms with Crippen LogP contribution in [0.4, 0.5) is 0 Å². The van der Waals surface area contributed by atoms with Crippen molar-refractivity contribution in [3.63, 3.8) is 0 Å². The van der Waals surface area contributed by atoms with Crippen LogP contribution in [0.1, 0.15) is 41.0 Å². The summed E-state index contributed by atoms with van der Waals surface area (Å²) >= 11 is 0. The zero-order valence-electron chi connectivity index (χ0n) is 9.85. The maximum Gasteiger partial charge on any atom is 0.231 e. The number of rotatable bonds is 4. The van der Waals surface area contributed by atoms with E-state index in [0.717, 1.165) is 18.3 Å². The summed E-state index contributed by atoms with van der Waals surface area (Å²) in [6.45, 7) is 11.9. The van der Waals surface area contributed by atoms with Crippen LogP contribution in [0, 0.1) is 23.6 Å². The van der Waals surface area contributed by atoms with Crippen molar-refractivity contribution in [2.75, 3.05) is 0 Å². The van der Waals surface area contributed by atoms with Crippen LogP contribution in [0.3, 0.4) is 0 Å². The van der Waals surface area contributed by atoms with Gasteiger partial charge in [0.05, 0.1) is 0 Å². The van der Waals surface area contributed by atoms with Gasteiger partial charge in [0.15, 0.2) is 0 Å². The highest BCUT2D eigenvalue weighted by molar-refractivity contribution is 6.67. The Morgan fingerprint density at radius 3 is 1.77 bits per heavy atom. The van der Waals surface area contributed by atoms with Gasteiger partial charge in [-0.15, -0.1) is 5.92 Å². The van der Waals surface area contributed by atoms with Gasteiger partial charge in [-0.25, -0.2) is 0 Å². The summed E-state index contributed by atoms with van der Waals surface area (Å²) in [5.74, 6) is 8.14. The van der Waals surface area contributed by atoms with Crippen molar-refractivity contribution in [1.82, 2.24) is 0 Å². The predicted molar refractivity (Wildman–Crippen MR) is 63.1 cm³/mol. The molecule has 0 rings (SSSR count). The fourth-order valence-electron chi connectivity index (χ4n) is 1.60. The number of hydrogen-bond donors (Lipinski definition) is 0. The van der Waals surface area contributed by atoms with Gasteiger partial charge in [0.25, 0.3) is 0 Å². The molecule has 0 N–H and O–H groups in total. The smallest absolute Gasteiger partial charge is 0.155 e. The molecule has 0 radical (unpaired) electrons. The van der Waals surface area contributed by atoms with Gasteiger partial charge in [0.1, 0.15) is 0 Å². The van der Waals surface area contributed by atoms with Crippen LogP contribution in [0.15, 0.2) is 0 Å². The van der Waals surface area contributed by atoms with E-state index >= 15 is 0 Å². The summed E-state index contributed by atoms with van der Waals surface area (Å²) in [5.41, 5.74) is 0. The lowest BCUT2D eigenvalue weighted by atomic mass is 9.42. The Morgan fingerprint density at radius 1 is 1.00 bits per heavy atom. The minimum absolute atomic E-state index is 0.625. The lowest BCUT2D eigenvalue weighted by molar-refractivity contribution is 0.695. The second-order valence-corrected chi connectivity index (χ2v) is 4.63. The molecule has 0 aliphatic rings. The average Bonchev–Trinajstić information content (AvgIpc) is 1.98. The summed E-state index contributed by atoms with van der Waals surface area (Å²) in [7, 11) is 0. The standard InChI is InChI=1S/C12H23B/c1-6-7-8-13(9-11(2)3)10-12(4)5/h11-12H,6,9-10H2,1-5H3. The molecule has 0 bridgehead atoms. The topological polar surface area (TPSA) is 0 Å². The Labute approximate surface area is 84.6 Å². The molecule has 1 heteroatoms. The average molecular weight is 178 g/mol. The van der Waals surface area contributed by atoms with Gasteiger partial charge in [-0.2, -0.15) is 5.82 Å². The molecule has 0 spiro atoms. The molecule has 13 heavy (non-hydrogen) atoms. The first-order valence-corrected chi connectivity index (χ1v) is 5.54. The first-order valence-electron chi connectivity index (χ1n) is 5.54. The third kappa shape index (κ3) is 7.97. The molecule has 74 valence electrons. The molecule has 0 saturated heterocycles. The zero-order chi connectivity index (χ0) is 10.3. The molecule has 0 nitrogen and oxygen atoms in total. The van der Waals surface area contributed by atoms with E-state index in [0.29, 0.717) is 6.71 Å². The third-order valence-electron chi connectivity index (χ3n) is 1.99. The second kappa shape index (κ2) is 7.07. The monoisotopic (exact) mass is 178 g/mol. The van der Waals surface area contributed by atoms with Crippen LogP contribution in [-0.4, -0.2) is 6.71 Å². The molecule has 0 saturated carbocycles. The Kier molecular flexibility index (Phi) is 6.87. The van der Waals surface area contributed by atoms with E-state index in [-0.39, 0.29) is 0 Å². The van der Waals surface area contributed by atoms with Crippen molar-refractivity contribution in [3.05, 3.63) is 0 Å². The van der Waals surface area contributed by atoms with Gasteiger partial charge in [-0.1, -0.05) is 59.1 Å². The van der Waals surface area contributed by atoms with E-state index in [4.69, 9.17) is 0 Å². The molecular formula is C12H23B. The minimum Gasteiger partial charge on any atom is -0.155 e. The van der Waals surface area contributed by atoms with Gasteiger partial charge in [0.2, 0.25) is 6.71 Å². The lowest BCUT2D eigenvalue weighted by Gasteiger charge is -2.11. The fraction of sp³-hybridized carbons (Fsp3) is 0.833. The van der Waals surface area contributed by atoms with Crippen molar-refractivity contribution in [1.29, 1.82) is 0 Å². The molecule has 0 unspecified atom stereocenters. The highest BCUT2D eigenvalue weighted by Gasteiger charge is 2.14. The summed E-state index contributed by atoms with van der Waals surface area (Å²) in [6.07, 6.45) is 3.50. The van der Waals surface area contributed by atoms with E-state index in [1.165, 1.54) is 12.6 Å². The molecule has 0 atom stereocenters. The molecule has 0 heterocycles. The summed E-state index contributed by atoms with van der Waals surface area (Å²) in [5, 5.41) is 0. The van der Waals surface area contributed by atoms with Crippen molar-refractivity contribution >= 4 is 6.71 Å².